The number of nitrogens with zero attached hydrogens (tertiary/aromatic N) is 1. The second-order valence-electron chi connectivity index (χ2n) is 6.89. The quantitative estimate of drug-likeness (QED) is 0.856. The van der Waals surface area contributed by atoms with Gasteiger partial charge in [-0.25, -0.2) is 0 Å². The third-order valence-electron chi connectivity index (χ3n) is 5.34. The molecule has 1 saturated heterocycles. The number of aliphatic hydroxyl groups is 1. The van der Waals surface area contributed by atoms with Gasteiger partial charge in [-0.2, -0.15) is 0 Å². The van der Waals surface area contributed by atoms with E-state index in [-0.39, 0.29) is 0 Å². The molecule has 3 nitrogen and oxygen atoms in total. The van der Waals surface area contributed by atoms with Crippen molar-refractivity contribution in [2.75, 3.05) is 13.6 Å². The van der Waals surface area contributed by atoms with Crippen molar-refractivity contribution in [2.24, 2.45) is 5.92 Å². The van der Waals surface area contributed by atoms with Crippen molar-refractivity contribution in [2.45, 2.75) is 38.1 Å². The molecule has 24 heavy (non-hydrogen) atoms. The summed E-state index contributed by atoms with van der Waals surface area (Å²) in [6.07, 6.45) is 0.404. The zero-order chi connectivity index (χ0) is 16.9. The summed E-state index contributed by atoms with van der Waals surface area (Å²) in [6, 6.07) is 21.5. The molecular formula is C21H28N2O. The lowest BCUT2D eigenvalue weighted by Gasteiger charge is -2.25. The van der Waals surface area contributed by atoms with Crippen LogP contribution >= 0.6 is 0 Å². The molecule has 1 aliphatic rings. The summed E-state index contributed by atoms with van der Waals surface area (Å²) in [7, 11) is 2.04. The summed E-state index contributed by atoms with van der Waals surface area (Å²) in [5, 5.41) is 14.1. The molecule has 1 heterocycles. The van der Waals surface area contributed by atoms with Crippen LogP contribution in [-0.2, 0) is 6.54 Å². The van der Waals surface area contributed by atoms with Gasteiger partial charge in [-0.15, -0.1) is 0 Å². The highest BCUT2D eigenvalue weighted by Gasteiger charge is 2.38. The fourth-order valence-corrected chi connectivity index (χ4v) is 4.02. The molecule has 2 aromatic rings. The second kappa shape index (κ2) is 7.93. The fourth-order valence-electron chi connectivity index (χ4n) is 4.02. The Labute approximate surface area is 145 Å². The summed E-state index contributed by atoms with van der Waals surface area (Å²) in [4.78, 5) is 2.53. The van der Waals surface area contributed by atoms with Crippen LogP contribution < -0.4 is 5.32 Å². The fraction of sp³-hybridized carbons (Fsp3) is 0.429. The Morgan fingerprint density at radius 2 is 1.71 bits per heavy atom. The van der Waals surface area contributed by atoms with E-state index < -0.39 is 6.10 Å². The zero-order valence-electron chi connectivity index (χ0n) is 14.6. The molecule has 0 amide bonds. The number of likely N-dealkylation sites (tertiary alicyclic amines) is 1. The van der Waals surface area contributed by atoms with Crippen LogP contribution in [0.1, 0.15) is 30.6 Å². The lowest BCUT2D eigenvalue weighted by atomic mass is 9.91. The van der Waals surface area contributed by atoms with Gasteiger partial charge in [0.1, 0.15) is 0 Å². The third-order valence-corrected chi connectivity index (χ3v) is 5.34. The van der Waals surface area contributed by atoms with Crippen LogP contribution in [0.3, 0.4) is 0 Å². The van der Waals surface area contributed by atoms with Gasteiger partial charge in [0, 0.05) is 25.2 Å². The molecule has 0 aliphatic carbocycles. The van der Waals surface area contributed by atoms with E-state index in [1.54, 1.807) is 0 Å². The first kappa shape index (κ1) is 17.2. The van der Waals surface area contributed by atoms with Crippen molar-refractivity contribution in [3.63, 3.8) is 0 Å². The molecule has 0 spiro atoms. The number of likely N-dealkylation sites (N-methyl/N-ethyl adjacent to an activating group) is 1. The molecule has 0 aromatic heterocycles. The minimum absolute atomic E-state index is 0.393. The molecule has 1 aliphatic heterocycles. The van der Waals surface area contributed by atoms with E-state index in [0.717, 1.165) is 25.1 Å². The second-order valence-corrected chi connectivity index (χ2v) is 6.89. The molecule has 0 saturated carbocycles. The van der Waals surface area contributed by atoms with Crippen molar-refractivity contribution in [1.82, 2.24) is 10.2 Å². The number of hydrogen-bond donors (Lipinski definition) is 2. The van der Waals surface area contributed by atoms with Crippen LogP contribution in [0.4, 0.5) is 0 Å². The summed E-state index contributed by atoms with van der Waals surface area (Å²) >= 11 is 0. The number of rotatable bonds is 6. The Morgan fingerprint density at radius 3 is 2.33 bits per heavy atom. The number of nitrogens with one attached hydrogen (secondary N) is 1. The SMILES string of the molecule is CN[C@@H]1[C@H](C[C@@H](O)c2ccccc2)CN(Cc2ccccc2)[C@H]1C. The first-order valence-corrected chi connectivity index (χ1v) is 8.87. The van der Waals surface area contributed by atoms with Crippen LogP contribution in [0.25, 0.3) is 0 Å². The molecule has 1 fully saturated rings. The normalized spacial score (nSPS) is 25.7. The highest BCUT2D eigenvalue weighted by molar-refractivity contribution is 5.18. The predicted molar refractivity (Wildman–Crippen MR) is 98.7 cm³/mol. The van der Waals surface area contributed by atoms with E-state index >= 15 is 0 Å². The van der Waals surface area contributed by atoms with E-state index in [1.807, 2.05) is 37.4 Å². The topological polar surface area (TPSA) is 35.5 Å². The van der Waals surface area contributed by atoms with Crippen LogP contribution in [0, 0.1) is 5.92 Å². The van der Waals surface area contributed by atoms with E-state index in [9.17, 15) is 5.11 Å². The van der Waals surface area contributed by atoms with Crippen molar-refractivity contribution in [3.05, 3.63) is 71.8 Å². The van der Waals surface area contributed by atoms with Crippen LogP contribution in [-0.4, -0.2) is 35.7 Å². The molecule has 2 N–H and O–H groups in total. The van der Waals surface area contributed by atoms with Crippen LogP contribution in [0.5, 0.6) is 0 Å². The van der Waals surface area contributed by atoms with Gasteiger partial charge in [-0.3, -0.25) is 4.90 Å². The Morgan fingerprint density at radius 1 is 1.08 bits per heavy atom. The van der Waals surface area contributed by atoms with Gasteiger partial charge in [0.25, 0.3) is 0 Å². The minimum Gasteiger partial charge on any atom is -0.388 e. The molecule has 3 rings (SSSR count). The maximum atomic E-state index is 10.6. The average molecular weight is 324 g/mol. The average Bonchev–Trinajstić information content (AvgIpc) is 2.91. The van der Waals surface area contributed by atoms with Gasteiger partial charge in [0.2, 0.25) is 0 Å². The van der Waals surface area contributed by atoms with Crippen molar-refractivity contribution in [1.29, 1.82) is 0 Å². The van der Waals surface area contributed by atoms with E-state index in [0.29, 0.717) is 18.0 Å². The molecule has 0 unspecified atom stereocenters. The summed E-state index contributed by atoms with van der Waals surface area (Å²) in [5.41, 5.74) is 2.37. The Kier molecular flexibility index (Phi) is 5.67. The first-order chi connectivity index (χ1) is 11.7. The molecule has 128 valence electrons. The van der Waals surface area contributed by atoms with Gasteiger partial charge in [0.05, 0.1) is 6.10 Å². The van der Waals surface area contributed by atoms with Crippen molar-refractivity contribution >= 4 is 0 Å². The van der Waals surface area contributed by atoms with Gasteiger partial charge in [0.15, 0.2) is 0 Å². The largest absolute Gasteiger partial charge is 0.388 e. The molecule has 4 atom stereocenters. The van der Waals surface area contributed by atoms with Crippen molar-refractivity contribution < 1.29 is 5.11 Å². The number of hydrogen-bond acceptors (Lipinski definition) is 3. The lowest BCUT2D eigenvalue weighted by Crippen LogP contribution is -2.40. The molecular weight excluding hydrogens is 296 g/mol. The lowest BCUT2D eigenvalue weighted by molar-refractivity contribution is 0.139. The maximum absolute atomic E-state index is 10.6. The monoisotopic (exact) mass is 324 g/mol. The molecule has 0 radical (unpaired) electrons. The summed E-state index contributed by atoms with van der Waals surface area (Å²) < 4.78 is 0. The molecule has 2 aromatic carbocycles. The summed E-state index contributed by atoms with van der Waals surface area (Å²) in [6.45, 7) is 4.28. The number of benzene rings is 2. The predicted octanol–water partition coefficient (Wildman–Crippen LogP) is 3.22. The van der Waals surface area contributed by atoms with E-state index in [2.05, 4.69) is 47.5 Å². The van der Waals surface area contributed by atoms with Gasteiger partial charge >= 0.3 is 0 Å². The molecule has 3 heteroatoms. The smallest absolute Gasteiger partial charge is 0.0793 e. The Hall–Kier alpha value is -1.68. The standard InChI is InChI=1S/C21H28N2O/c1-16-21(22-2)19(13-20(24)18-11-7-4-8-12-18)15-23(16)14-17-9-5-3-6-10-17/h3-12,16,19-22,24H,13-15H2,1-2H3/t16-,19+,20+,21-/m0/s1. The van der Waals surface area contributed by atoms with Crippen LogP contribution in [0.15, 0.2) is 60.7 Å². The Balaban J connectivity index is 1.67. The van der Waals surface area contributed by atoms with Crippen LogP contribution in [0.2, 0.25) is 0 Å². The molecule has 0 bridgehead atoms. The number of aliphatic hydroxyl groups excluding tert-OH is 1. The minimum atomic E-state index is -0.393. The van der Waals surface area contributed by atoms with E-state index in [1.165, 1.54) is 5.56 Å². The summed E-state index contributed by atoms with van der Waals surface area (Å²) in [5.74, 6) is 0.448. The zero-order valence-corrected chi connectivity index (χ0v) is 14.6. The highest BCUT2D eigenvalue weighted by atomic mass is 16.3. The van der Waals surface area contributed by atoms with Gasteiger partial charge in [-0.1, -0.05) is 60.7 Å². The van der Waals surface area contributed by atoms with Gasteiger partial charge < -0.3 is 10.4 Å². The third kappa shape index (κ3) is 3.86. The van der Waals surface area contributed by atoms with Crippen molar-refractivity contribution in [3.8, 4) is 0 Å². The van der Waals surface area contributed by atoms with E-state index in [4.69, 9.17) is 0 Å². The first-order valence-electron chi connectivity index (χ1n) is 8.87. The maximum Gasteiger partial charge on any atom is 0.0793 e. The highest BCUT2D eigenvalue weighted by Crippen LogP contribution is 2.32. The van der Waals surface area contributed by atoms with Gasteiger partial charge in [-0.05, 0) is 37.4 Å². The Bertz CT molecular complexity index is 616.